The van der Waals surface area contributed by atoms with E-state index < -0.39 is 51.1 Å². The summed E-state index contributed by atoms with van der Waals surface area (Å²) in [4.78, 5) is 45.8. The summed E-state index contributed by atoms with van der Waals surface area (Å²) in [5, 5.41) is 8.86. The van der Waals surface area contributed by atoms with Crippen LogP contribution in [-0.2, 0) is 37.5 Å². The summed E-state index contributed by atoms with van der Waals surface area (Å²) in [6.07, 6.45) is 35.0. The zero-order valence-electron chi connectivity index (χ0n) is 31.7. The van der Waals surface area contributed by atoms with E-state index >= 15 is 0 Å². The molecule has 0 aromatic rings. The second-order valence-corrected chi connectivity index (χ2v) is 14.5. The number of unbranched alkanes of at least 4 members (excludes halogenated alkanes) is 16. The Morgan fingerprint density at radius 1 is 0.627 bits per heavy atom. The lowest BCUT2D eigenvalue weighted by Gasteiger charge is -2.20. The summed E-state index contributed by atoms with van der Waals surface area (Å²) in [7, 11) is -4.71. The minimum atomic E-state index is -4.71. The molecule has 0 amide bonds. The molecule has 0 rings (SSSR count). The fraction of sp³-hybridized carbons (Fsp3) is 0.769. The van der Waals surface area contributed by atoms with Crippen molar-refractivity contribution in [1.29, 1.82) is 0 Å². The maximum atomic E-state index is 12.6. The predicted octanol–water partition coefficient (Wildman–Crippen LogP) is 9.67. The number of esters is 2. The van der Waals surface area contributed by atoms with Crippen molar-refractivity contribution < 1.29 is 47.5 Å². The van der Waals surface area contributed by atoms with Crippen molar-refractivity contribution in [2.75, 3.05) is 19.8 Å². The number of allylic oxidation sites excluding steroid dienone is 6. The molecular formula is C39H70NO10P. The van der Waals surface area contributed by atoms with Gasteiger partial charge in [0.1, 0.15) is 12.6 Å². The first-order chi connectivity index (χ1) is 24.6. The quantitative estimate of drug-likeness (QED) is 0.0241. The maximum Gasteiger partial charge on any atom is 0.472 e. The molecule has 0 saturated carbocycles. The lowest BCUT2D eigenvalue weighted by Crippen LogP contribution is -2.34. The zero-order chi connectivity index (χ0) is 37.8. The second-order valence-electron chi connectivity index (χ2n) is 13.0. The number of phosphoric ester groups is 1. The van der Waals surface area contributed by atoms with E-state index in [4.69, 9.17) is 24.8 Å². The molecule has 3 atom stereocenters. The highest BCUT2D eigenvalue weighted by atomic mass is 31.2. The van der Waals surface area contributed by atoms with E-state index in [0.717, 1.165) is 70.6 Å². The summed E-state index contributed by atoms with van der Waals surface area (Å²) in [6.45, 7) is 2.65. The van der Waals surface area contributed by atoms with E-state index in [1.165, 1.54) is 51.4 Å². The third-order valence-corrected chi connectivity index (χ3v) is 9.10. The second kappa shape index (κ2) is 34.8. The first-order valence-corrected chi connectivity index (χ1v) is 21.0. The van der Waals surface area contributed by atoms with Gasteiger partial charge in [0.2, 0.25) is 0 Å². The van der Waals surface area contributed by atoms with Gasteiger partial charge in [-0.2, -0.15) is 0 Å². The topological polar surface area (TPSA) is 172 Å². The molecule has 0 aliphatic heterocycles. The third kappa shape index (κ3) is 34.5. The van der Waals surface area contributed by atoms with Gasteiger partial charge in [-0.1, -0.05) is 140 Å². The van der Waals surface area contributed by atoms with Crippen LogP contribution in [0.2, 0.25) is 0 Å². The molecule has 0 bridgehead atoms. The Hall–Kier alpha value is -2.30. The largest absolute Gasteiger partial charge is 0.480 e. The molecule has 11 nitrogen and oxygen atoms in total. The lowest BCUT2D eigenvalue weighted by molar-refractivity contribution is -0.161. The van der Waals surface area contributed by atoms with Gasteiger partial charge in [-0.05, 0) is 44.9 Å². The number of carbonyl (C=O) groups excluding carboxylic acids is 2. The summed E-state index contributed by atoms with van der Waals surface area (Å²) < 4.78 is 32.6. The molecule has 51 heavy (non-hydrogen) atoms. The van der Waals surface area contributed by atoms with Crippen LogP contribution >= 0.6 is 7.82 Å². The molecule has 4 N–H and O–H groups in total. The van der Waals surface area contributed by atoms with Crippen LogP contribution in [0.15, 0.2) is 36.5 Å². The van der Waals surface area contributed by atoms with E-state index in [0.29, 0.717) is 12.8 Å². The monoisotopic (exact) mass is 743 g/mol. The number of nitrogens with two attached hydrogens (primary N) is 1. The maximum absolute atomic E-state index is 12.6. The van der Waals surface area contributed by atoms with Crippen LogP contribution in [0.1, 0.15) is 162 Å². The van der Waals surface area contributed by atoms with Crippen LogP contribution in [-0.4, -0.2) is 59.9 Å². The molecule has 1 unspecified atom stereocenters. The average Bonchev–Trinajstić information content (AvgIpc) is 3.10. The number of rotatable bonds is 36. The van der Waals surface area contributed by atoms with Gasteiger partial charge in [0.05, 0.1) is 13.2 Å². The molecule has 0 saturated heterocycles. The summed E-state index contributed by atoms with van der Waals surface area (Å²) in [6, 6.07) is -1.52. The Kier molecular flexibility index (Phi) is 33.2. The minimum Gasteiger partial charge on any atom is -0.480 e. The summed E-state index contributed by atoms with van der Waals surface area (Å²) in [5.41, 5.74) is 5.31. The number of carboxylic acids is 1. The molecule has 0 fully saturated rings. The molecule has 0 aromatic heterocycles. The number of ether oxygens (including phenoxy) is 2. The predicted molar refractivity (Wildman–Crippen MR) is 203 cm³/mol. The Morgan fingerprint density at radius 2 is 1.10 bits per heavy atom. The van der Waals surface area contributed by atoms with Gasteiger partial charge in [0, 0.05) is 12.8 Å². The highest BCUT2D eigenvalue weighted by Crippen LogP contribution is 2.43. The molecule has 0 heterocycles. The fourth-order valence-corrected chi connectivity index (χ4v) is 5.86. The third-order valence-electron chi connectivity index (χ3n) is 8.15. The van der Waals surface area contributed by atoms with Crippen molar-refractivity contribution in [3.8, 4) is 0 Å². The molecule has 0 spiro atoms. The van der Waals surface area contributed by atoms with E-state index in [1.54, 1.807) is 0 Å². The first kappa shape index (κ1) is 48.7. The summed E-state index contributed by atoms with van der Waals surface area (Å²) in [5.74, 6) is -2.40. The Bertz CT molecular complexity index is 1020. The van der Waals surface area contributed by atoms with Crippen molar-refractivity contribution in [1.82, 2.24) is 0 Å². The molecule has 296 valence electrons. The van der Waals surface area contributed by atoms with Crippen molar-refractivity contribution in [3.05, 3.63) is 36.5 Å². The van der Waals surface area contributed by atoms with Gasteiger partial charge in [-0.3, -0.25) is 23.4 Å². The highest BCUT2D eigenvalue weighted by molar-refractivity contribution is 7.47. The van der Waals surface area contributed by atoms with Gasteiger partial charge >= 0.3 is 25.7 Å². The zero-order valence-corrected chi connectivity index (χ0v) is 32.6. The first-order valence-electron chi connectivity index (χ1n) is 19.5. The van der Waals surface area contributed by atoms with Crippen LogP contribution in [0.4, 0.5) is 0 Å². The number of aliphatic carboxylic acids is 1. The van der Waals surface area contributed by atoms with Gasteiger partial charge in [-0.15, -0.1) is 0 Å². The molecule has 0 aliphatic rings. The van der Waals surface area contributed by atoms with Crippen LogP contribution in [0.25, 0.3) is 0 Å². The SMILES string of the molecule is CC/C=C\C/C=C\C/C=C\CCCCCCCC(=O)OC[C@H](COP(=O)(O)OC[C@H](N)C(=O)O)OC(=O)CCCCCCCCCCCCCC. The molecule has 12 heteroatoms. The minimum absolute atomic E-state index is 0.159. The normalized spacial score (nSPS) is 14.3. The molecule has 0 aliphatic carbocycles. The van der Waals surface area contributed by atoms with E-state index in [-0.39, 0.29) is 19.4 Å². The van der Waals surface area contributed by atoms with E-state index in [2.05, 4.69) is 54.8 Å². The van der Waals surface area contributed by atoms with Crippen LogP contribution in [0.3, 0.4) is 0 Å². The number of hydrogen-bond acceptors (Lipinski definition) is 9. The van der Waals surface area contributed by atoms with Crippen LogP contribution in [0.5, 0.6) is 0 Å². The number of hydrogen-bond donors (Lipinski definition) is 3. The van der Waals surface area contributed by atoms with Gasteiger partial charge in [-0.25, -0.2) is 4.57 Å². The molecule has 0 aromatic carbocycles. The summed E-state index contributed by atoms with van der Waals surface area (Å²) >= 11 is 0. The fourth-order valence-electron chi connectivity index (χ4n) is 5.08. The van der Waals surface area contributed by atoms with Gasteiger partial charge in [0.15, 0.2) is 6.10 Å². The Labute approximate surface area is 308 Å². The molecular weight excluding hydrogens is 673 g/mol. The van der Waals surface area contributed by atoms with Crippen molar-refractivity contribution in [3.63, 3.8) is 0 Å². The standard InChI is InChI=1S/C39H70NO10P/c1-3-5-7-9-11-13-15-17-18-19-21-22-24-26-28-30-37(41)47-32-35(33-48-51(45,46)49-34-36(40)39(43)44)50-38(42)31-29-27-25-23-20-16-14-12-10-8-6-4-2/h5,7,11,13,17-18,35-36H,3-4,6,8-10,12,14-16,19-34,40H2,1-2H3,(H,43,44)(H,45,46)/b7-5-,13-11-,18-17-/t35-,36+/m1/s1. The lowest BCUT2D eigenvalue weighted by atomic mass is 10.0. The van der Waals surface area contributed by atoms with E-state index in [9.17, 15) is 23.8 Å². The van der Waals surface area contributed by atoms with Crippen molar-refractivity contribution in [2.24, 2.45) is 5.73 Å². The van der Waals surface area contributed by atoms with Crippen molar-refractivity contribution >= 4 is 25.7 Å². The smallest absolute Gasteiger partial charge is 0.472 e. The number of carboxylic acid groups (broad SMARTS) is 1. The van der Waals surface area contributed by atoms with Crippen LogP contribution in [0, 0.1) is 0 Å². The average molecular weight is 744 g/mol. The van der Waals surface area contributed by atoms with Crippen LogP contribution < -0.4 is 5.73 Å². The van der Waals surface area contributed by atoms with Crippen molar-refractivity contribution in [2.45, 2.75) is 174 Å². The Morgan fingerprint density at radius 3 is 1.65 bits per heavy atom. The van der Waals surface area contributed by atoms with Gasteiger partial charge < -0.3 is 25.2 Å². The number of carbonyl (C=O) groups is 3. The van der Waals surface area contributed by atoms with Gasteiger partial charge in [0.25, 0.3) is 0 Å². The Balaban J connectivity index is 4.44. The molecule has 0 radical (unpaired) electrons. The highest BCUT2D eigenvalue weighted by Gasteiger charge is 2.28. The number of phosphoric acid groups is 1. The van der Waals surface area contributed by atoms with E-state index in [1.807, 2.05) is 0 Å².